The van der Waals surface area contributed by atoms with Crippen molar-refractivity contribution in [2.45, 2.75) is 335 Å². The first-order valence-electron chi connectivity index (χ1n) is 29.9. The van der Waals surface area contributed by atoms with Gasteiger partial charge in [0.05, 0.1) is 6.61 Å². The lowest BCUT2D eigenvalue weighted by Crippen LogP contribution is -2.30. The smallest absolute Gasteiger partial charge is 0.306 e. The summed E-state index contributed by atoms with van der Waals surface area (Å²) < 4.78 is 17.5. The molecule has 1 unspecified atom stereocenters. The largest absolute Gasteiger partial charge is 0.462 e. The predicted octanol–water partition coefficient (Wildman–Crippen LogP) is 20.4. The molecule has 0 aliphatic carbocycles. The van der Waals surface area contributed by atoms with Crippen LogP contribution in [-0.4, -0.2) is 37.9 Å². The second-order valence-electron chi connectivity index (χ2n) is 20.3. The summed E-state index contributed by atoms with van der Waals surface area (Å²) in [6.07, 6.45) is 69.2. The van der Waals surface area contributed by atoms with Gasteiger partial charge in [-0.15, -0.1) is 0 Å². The first-order valence-corrected chi connectivity index (χ1v) is 29.9. The van der Waals surface area contributed by atoms with E-state index in [1.807, 2.05) is 0 Å². The molecule has 5 nitrogen and oxygen atoms in total. The summed E-state index contributed by atoms with van der Waals surface area (Å²) in [5, 5.41) is 0. The number of hydrogen-bond donors (Lipinski definition) is 0. The molecule has 0 aliphatic rings. The highest BCUT2D eigenvalue weighted by Gasteiger charge is 2.17. The molecule has 0 aromatic rings. The Morgan fingerprint density at radius 1 is 0.318 bits per heavy atom. The van der Waals surface area contributed by atoms with Crippen LogP contribution in [0.15, 0.2) is 24.3 Å². The Morgan fingerprint density at radius 2 is 0.591 bits per heavy atom. The van der Waals surface area contributed by atoms with Gasteiger partial charge < -0.3 is 14.2 Å². The minimum absolute atomic E-state index is 0.0868. The van der Waals surface area contributed by atoms with Crippen LogP contribution in [-0.2, 0) is 23.8 Å². The van der Waals surface area contributed by atoms with Crippen molar-refractivity contribution in [2.75, 3.05) is 19.8 Å². The molecule has 0 bridgehead atoms. The summed E-state index contributed by atoms with van der Waals surface area (Å²) >= 11 is 0. The molecule has 0 heterocycles. The normalized spacial score (nSPS) is 12.2. The van der Waals surface area contributed by atoms with Gasteiger partial charge in [0.2, 0.25) is 0 Å². The summed E-state index contributed by atoms with van der Waals surface area (Å²) in [5.74, 6) is -0.387. The molecule has 0 radical (unpaired) electrons. The summed E-state index contributed by atoms with van der Waals surface area (Å²) in [6, 6.07) is 0. The lowest BCUT2D eigenvalue weighted by Gasteiger charge is -2.18. The lowest BCUT2D eigenvalue weighted by atomic mass is 10.0. The van der Waals surface area contributed by atoms with Crippen LogP contribution in [0.4, 0.5) is 0 Å². The van der Waals surface area contributed by atoms with Gasteiger partial charge in [0, 0.05) is 19.4 Å². The standard InChI is InChI=1S/C61H116O5/c1-4-7-10-13-16-19-22-25-28-30-31-32-34-36-39-42-45-48-51-54-60(62)65-58-59(57-64-56-53-50-47-44-41-38-35-29-26-23-20-17-14-11-8-5-2)66-61(63)55-52-49-46-43-40-37-33-27-24-21-18-15-12-9-6-3/h26-27,29,33,59H,4-25,28,30-32,34-58H2,1-3H3/b29-26-,33-27-. The van der Waals surface area contributed by atoms with Gasteiger partial charge >= 0.3 is 11.9 Å². The first kappa shape index (κ1) is 64.4. The highest BCUT2D eigenvalue weighted by Crippen LogP contribution is 2.17. The Labute approximate surface area is 413 Å². The summed E-state index contributed by atoms with van der Waals surface area (Å²) in [6.45, 7) is 7.87. The number of esters is 2. The van der Waals surface area contributed by atoms with Crippen molar-refractivity contribution in [1.82, 2.24) is 0 Å². The van der Waals surface area contributed by atoms with Crippen molar-refractivity contribution in [2.24, 2.45) is 0 Å². The Morgan fingerprint density at radius 3 is 0.924 bits per heavy atom. The Bertz CT molecular complexity index is 1010. The number of carbonyl (C=O) groups excluding carboxylic acids is 2. The van der Waals surface area contributed by atoms with Gasteiger partial charge in [0.15, 0.2) is 6.10 Å². The number of hydrogen-bond acceptors (Lipinski definition) is 5. The van der Waals surface area contributed by atoms with Gasteiger partial charge in [0.1, 0.15) is 6.61 Å². The van der Waals surface area contributed by atoms with Crippen molar-refractivity contribution in [3.8, 4) is 0 Å². The molecular weight excluding hydrogens is 813 g/mol. The molecular formula is C61H116O5. The number of allylic oxidation sites excluding steroid dienone is 4. The predicted molar refractivity (Wildman–Crippen MR) is 289 cm³/mol. The average molecular weight is 930 g/mol. The van der Waals surface area contributed by atoms with Gasteiger partial charge in [-0.3, -0.25) is 9.59 Å². The highest BCUT2D eigenvalue weighted by atomic mass is 16.6. The second kappa shape index (κ2) is 57.7. The van der Waals surface area contributed by atoms with E-state index < -0.39 is 6.10 Å². The lowest BCUT2D eigenvalue weighted by molar-refractivity contribution is -0.163. The maximum absolute atomic E-state index is 12.9. The molecule has 0 aromatic heterocycles. The summed E-state index contributed by atoms with van der Waals surface area (Å²) in [5.41, 5.74) is 0. The third-order valence-corrected chi connectivity index (χ3v) is 13.5. The number of carbonyl (C=O) groups is 2. The third-order valence-electron chi connectivity index (χ3n) is 13.5. The fraction of sp³-hybridized carbons (Fsp3) is 0.902. The van der Waals surface area contributed by atoms with Gasteiger partial charge in [0.25, 0.3) is 0 Å². The zero-order valence-electron chi connectivity index (χ0n) is 45.0. The molecule has 1 atom stereocenters. The minimum Gasteiger partial charge on any atom is -0.462 e. The minimum atomic E-state index is -0.538. The highest BCUT2D eigenvalue weighted by molar-refractivity contribution is 5.70. The molecule has 5 heteroatoms. The monoisotopic (exact) mass is 929 g/mol. The SMILES string of the molecule is CCCCCCCC/C=C\CCCCCCCCOCC(COC(=O)CCCCCCCCCCCCCCCCCCCCC)OC(=O)CCCCCCC/C=C\CCCCCCCC. The van der Waals surface area contributed by atoms with Gasteiger partial charge in [-0.2, -0.15) is 0 Å². The number of rotatable bonds is 56. The maximum atomic E-state index is 12.9. The maximum Gasteiger partial charge on any atom is 0.306 e. The molecule has 66 heavy (non-hydrogen) atoms. The van der Waals surface area contributed by atoms with E-state index in [-0.39, 0.29) is 25.2 Å². The molecule has 0 saturated heterocycles. The van der Waals surface area contributed by atoms with Crippen LogP contribution in [0, 0.1) is 0 Å². The molecule has 0 N–H and O–H groups in total. The zero-order valence-corrected chi connectivity index (χ0v) is 45.0. The first-order chi connectivity index (χ1) is 32.6. The van der Waals surface area contributed by atoms with E-state index >= 15 is 0 Å². The van der Waals surface area contributed by atoms with Crippen LogP contribution in [0.2, 0.25) is 0 Å². The Hall–Kier alpha value is -1.62. The molecule has 390 valence electrons. The van der Waals surface area contributed by atoms with E-state index in [1.165, 1.54) is 244 Å². The molecule has 0 spiro atoms. The van der Waals surface area contributed by atoms with E-state index in [0.29, 0.717) is 19.4 Å². The van der Waals surface area contributed by atoms with Crippen molar-refractivity contribution >= 4 is 11.9 Å². The van der Waals surface area contributed by atoms with Crippen molar-refractivity contribution in [1.29, 1.82) is 0 Å². The summed E-state index contributed by atoms with van der Waals surface area (Å²) in [4.78, 5) is 25.5. The molecule has 0 rings (SSSR count). The molecule has 0 saturated carbocycles. The van der Waals surface area contributed by atoms with Crippen molar-refractivity contribution < 1.29 is 23.8 Å². The van der Waals surface area contributed by atoms with E-state index in [1.54, 1.807) is 0 Å². The van der Waals surface area contributed by atoms with Crippen LogP contribution in [0.1, 0.15) is 329 Å². The van der Waals surface area contributed by atoms with E-state index in [4.69, 9.17) is 14.2 Å². The number of unbranched alkanes of at least 4 members (excludes halogenated alkanes) is 41. The molecule has 0 aromatic carbocycles. The van der Waals surface area contributed by atoms with E-state index in [0.717, 1.165) is 51.4 Å². The van der Waals surface area contributed by atoms with Crippen molar-refractivity contribution in [3.05, 3.63) is 24.3 Å². The van der Waals surface area contributed by atoms with Crippen LogP contribution in [0.5, 0.6) is 0 Å². The average Bonchev–Trinajstić information content (AvgIpc) is 3.32. The van der Waals surface area contributed by atoms with Gasteiger partial charge in [-0.25, -0.2) is 0 Å². The van der Waals surface area contributed by atoms with Crippen LogP contribution >= 0.6 is 0 Å². The van der Waals surface area contributed by atoms with Crippen molar-refractivity contribution in [3.63, 3.8) is 0 Å². The van der Waals surface area contributed by atoms with Gasteiger partial charge in [-0.05, 0) is 70.6 Å². The molecule has 0 aliphatic heterocycles. The van der Waals surface area contributed by atoms with Gasteiger partial charge in [-0.1, -0.05) is 270 Å². The molecule has 0 fully saturated rings. The second-order valence-corrected chi connectivity index (χ2v) is 20.3. The van der Waals surface area contributed by atoms with E-state index in [9.17, 15) is 9.59 Å². The number of ether oxygens (including phenoxy) is 3. The van der Waals surface area contributed by atoms with E-state index in [2.05, 4.69) is 45.1 Å². The zero-order chi connectivity index (χ0) is 47.7. The quantitative estimate of drug-likeness (QED) is 0.0345. The Kier molecular flexibility index (Phi) is 56.3. The topological polar surface area (TPSA) is 61.8 Å². The summed E-state index contributed by atoms with van der Waals surface area (Å²) in [7, 11) is 0. The third kappa shape index (κ3) is 55.0. The van der Waals surface area contributed by atoms with Crippen LogP contribution in [0.25, 0.3) is 0 Å². The fourth-order valence-electron chi connectivity index (χ4n) is 8.97. The Balaban J connectivity index is 4.22. The van der Waals surface area contributed by atoms with Crippen LogP contribution in [0.3, 0.4) is 0 Å². The molecule has 0 amide bonds. The fourth-order valence-corrected chi connectivity index (χ4v) is 8.97. The van der Waals surface area contributed by atoms with Crippen LogP contribution < -0.4 is 0 Å².